The number of phenols is 1. The van der Waals surface area contributed by atoms with E-state index in [1.54, 1.807) is 29.9 Å². The van der Waals surface area contributed by atoms with Gasteiger partial charge in [0, 0.05) is 18.3 Å². The number of rotatable bonds is 7. The lowest BCUT2D eigenvalue weighted by Gasteiger charge is -2.38. The van der Waals surface area contributed by atoms with E-state index in [1.807, 2.05) is 6.07 Å². The zero-order valence-electron chi connectivity index (χ0n) is 18.1. The van der Waals surface area contributed by atoms with Gasteiger partial charge in [0.1, 0.15) is 17.1 Å². The van der Waals surface area contributed by atoms with Crippen LogP contribution in [0, 0.1) is 5.82 Å². The summed E-state index contributed by atoms with van der Waals surface area (Å²) in [5.74, 6) is -1.72. The third kappa shape index (κ3) is 4.14. The second-order valence-electron chi connectivity index (χ2n) is 7.92. The minimum atomic E-state index is -4.38. The molecule has 1 aromatic heterocycles. The Morgan fingerprint density at radius 3 is 2.38 bits per heavy atom. The summed E-state index contributed by atoms with van der Waals surface area (Å²) < 4.78 is 42.3. The van der Waals surface area contributed by atoms with Crippen LogP contribution in [0.4, 0.5) is 4.39 Å². The van der Waals surface area contributed by atoms with Crippen LogP contribution in [0.5, 0.6) is 5.75 Å². The summed E-state index contributed by atoms with van der Waals surface area (Å²) in [5, 5.41) is 20.0. The molecule has 0 spiro atoms. The number of hydrogen-bond acceptors (Lipinski definition) is 5. The van der Waals surface area contributed by atoms with Crippen molar-refractivity contribution in [3.63, 3.8) is 0 Å². The minimum absolute atomic E-state index is 0.127. The first-order valence-electron chi connectivity index (χ1n) is 10.2. The number of aromatic hydroxyl groups is 1. The van der Waals surface area contributed by atoms with Crippen LogP contribution in [-0.4, -0.2) is 33.9 Å². The second kappa shape index (κ2) is 8.90. The van der Waals surface area contributed by atoms with Crippen molar-refractivity contribution in [2.45, 2.75) is 23.9 Å². The number of amides is 1. The van der Waals surface area contributed by atoms with Crippen molar-refractivity contribution in [2.75, 3.05) is 0 Å². The Morgan fingerprint density at radius 1 is 1.06 bits per heavy atom. The number of fused-ring (bicyclic) bond motifs is 1. The van der Waals surface area contributed by atoms with Crippen LogP contribution in [0.25, 0.3) is 10.9 Å². The Morgan fingerprint density at radius 2 is 1.74 bits per heavy atom. The van der Waals surface area contributed by atoms with Gasteiger partial charge < -0.3 is 10.1 Å². The highest BCUT2D eigenvalue weighted by Crippen LogP contribution is 2.36. The number of benzene rings is 3. The number of carbonyl (C=O) groups excluding carboxylic acids is 1. The maximum absolute atomic E-state index is 13.9. The summed E-state index contributed by atoms with van der Waals surface area (Å²) in [7, 11) is -4.38. The molecule has 0 fully saturated rings. The van der Waals surface area contributed by atoms with Crippen molar-refractivity contribution in [1.82, 2.24) is 14.8 Å². The summed E-state index contributed by atoms with van der Waals surface area (Å²) in [6.45, 7) is 1.09. The Balaban J connectivity index is 1.92. The van der Waals surface area contributed by atoms with Crippen molar-refractivity contribution < 1.29 is 27.9 Å². The molecule has 1 amide bonds. The van der Waals surface area contributed by atoms with Gasteiger partial charge in [0.05, 0.1) is 4.90 Å². The molecule has 34 heavy (non-hydrogen) atoms. The van der Waals surface area contributed by atoms with Gasteiger partial charge in [-0.15, -0.1) is 0 Å². The predicted molar refractivity (Wildman–Crippen MR) is 123 cm³/mol. The predicted octanol–water partition coefficient (Wildman–Crippen LogP) is 3.62. The summed E-state index contributed by atoms with van der Waals surface area (Å²) in [6.07, 6.45) is 1.75. The van der Waals surface area contributed by atoms with Crippen LogP contribution in [0.15, 0.2) is 83.9 Å². The van der Waals surface area contributed by atoms with Gasteiger partial charge >= 0.3 is 0 Å². The van der Waals surface area contributed by atoms with Crippen LogP contribution in [0.2, 0.25) is 0 Å². The van der Waals surface area contributed by atoms with E-state index in [4.69, 9.17) is 0 Å². The maximum atomic E-state index is 13.9. The van der Waals surface area contributed by atoms with Crippen LogP contribution >= 0.6 is 0 Å². The largest absolute Gasteiger partial charge is 0.508 e. The van der Waals surface area contributed by atoms with Gasteiger partial charge in [-0.1, -0.05) is 18.2 Å². The number of aromatic nitrogens is 1. The lowest BCUT2D eigenvalue weighted by Crippen LogP contribution is -2.55. The first-order valence-corrected chi connectivity index (χ1v) is 11.7. The summed E-state index contributed by atoms with van der Waals surface area (Å²) in [6, 6.07) is 16.8. The van der Waals surface area contributed by atoms with Crippen LogP contribution < -0.4 is 5.48 Å². The fraction of sp³-hybridized carbons (Fsp3) is 0.125. The monoisotopic (exact) mass is 483 g/mol. The molecule has 8 nitrogen and oxygen atoms in total. The topological polar surface area (TPSA) is 123 Å². The molecule has 176 valence electrons. The van der Waals surface area contributed by atoms with Crippen molar-refractivity contribution in [1.29, 1.82) is 0 Å². The Kier molecular flexibility index (Phi) is 6.13. The molecule has 0 radical (unpaired) electrons. The van der Waals surface area contributed by atoms with Gasteiger partial charge in [-0.3, -0.25) is 10.0 Å². The fourth-order valence-electron chi connectivity index (χ4n) is 3.87. The molecule has 0 saturated heterocycles. The lowest BCUT2D eigenvalue weighted by molar-refractivity contribution is -0.139. The zero-order chi connectivity index (χ0) is 24.5. The van der Waals surface area contributed by atoms with Crippen molar-refractivity contribution >= 4 is 26.8 Å². The summed E-state index contributed by atoms with van der Waals surface area (Å²) >= 11 is 0. The highest BCUT2D eigenvalue weighted by molar-refractivity contribution is 7.89. The van der Waals surface area contributed by atoms with E-state index in [9.17, 15) is 27.9 Å². The molecule has 1 atom stereocenters. The molecule has 0 aliphatic carbocycles. The van der Waals surface area contributed by atoms with Gasteiger partial charge in [0.2, 0.25) is 10.0 Å². The molecule has 4 rings (SSSR count). The summed E-state index contributed by atoms with van der Waals surface area (Å²) in [5.41, 5.74) is 1.17. The number of hydroxylamine groups is 1. The highest BCUT2D eigenvalue weighted by Gasteiger charge is 2.48. The van der Waals surface area contributed by atoms with Crippen LogP contribution in [0.1, 0.15) is 18.1 Å². The molecule has 0 aliphatic heterocycles. The van der Waals surface area contributed by atoms with E-state index in [-0.39, 0.29) is 22.8 Å². The molecule has 4 N–H and O–H groups in total. The van der Waals surface area contributed by atoms with E-state index in [1.165, 1.54) is 43.3 Å². The van der Waals surface area contributed by atoms with Gasteiger partial charge in [0.15, 0.2) is 0 Å². The van der Waals surface area contributed by atoms with E-state index in [2.05, 4.69) is 4.98 Å². The Labute approximate surface area is 195 Å². The van der Waals surface area contributed by atoms with E-state index in [0.29, 0.717) is 5.56 Å². The van der Waals surface area contributed by atoms with Gasteiger partial charge in [0.25, 0.3) is 5.91 Å². The number of nitrogens with zero attached hydrogens (tertiary/aromatic N) is 1. The van der Waals surface area contributed by atoms with Crippen molar-refractivity contribution in [3.8, 4) is 5.75 Å². The first-order chi connectivity index (χ1) is 16.2. The number of aromatic amines is 1. The molecular formula is C24H22FN3O5S. The van der Waals surface area contributed by atoms with Crippen molar-refractivity contribution in [3.05, 3.63) is 95.9 Å². The normalized spacial score (nSPS) is 13.6. The van der Waals surface area contributed by atoms with Gasteiger partial charge in [-0.2, -0.15) is 4.31 Å². The number of halogens is 1. The molecule has 1 heterocycles. The standard InChI is InChI=1S/C24H22FN3O5S/c1-24(23(30)27-31,18-3-5-19(25)6-4-18)28(34(32,33)21-9-7-20(29)8-10-21)15-16-2-11-22-17(14-16)12-13-26-22/h2-14,26,29,31H,15H2,1H3,(H,27,30). The van der Waals surface area contributed by atoms with E-state index in [0.717, 1.165) is 27.3 Å². The minimum Gasteiger partial charge on any atom is -0.508 e. The molecule has 3 aromatic carbocycles. The fourth-order valence-corrected chi connectivity index (χ4v) is 5.59. The number of carbonyl (C=O) groups is 1. The summed E-state index contributed by atoms with van der Waals surface area (Å²) in [4.78, 5) is 15.9. The SMILES string of the molecule is CC(C(=O)NO)(c1ccc(F)cc1)N(Cc1ccc2[nH]ccc2c1)S(=O)(=O)c1ccc(O)cc1. The molecule has 0 saturated carbocycles. The average molecular weight is 484 g/mol. The number of sulfonamides is 1. The van der Waals surface area contributed by atoms with E-state index >= 15 is 0 Å². The molecule has 4 aromatic rings. The number of phenolic OH excluding ortho intramolecular Hbond substituents is 1. The lowest BCUT2D eigenvalue weighted by atomic mass is 9.90. The van der Waals surface area contributed by atoms with Crippen LogP contribution in [-0.2, 0) is 26.9 Å². The average Bonchev–Trinajstić information content (AvgIpc) is 3.30. The molecule has 10 heteroatoms. The number of hydrogen-bond donors (Lipinski definition) is 4. The smallest absolute Gasteiger partial charge is 0.269 e. The second-order valence-corrected chi connectivity index (χ2v) is 9.79. The molecule has 1 unspecified atom stereocenters. The van der Waals surface area contributed by atoms with Crippen molar-refractivity contribution in [2.24, 2.45) is 0 Å². The number of nitrogens with one attached hydrogen (secondary N) is 2. The molecular weight excluding hydrogens is 461 g/mol. The number of H-pyrrole nitrogens is 1. The first kappa shape index (κ1) is 23.4. The van der Waals surface area contributed by atoms with E-state index < -0.39 is 27.3 Å². The Bertz CT molecular complexity index is 1440. The van der Waals surface area contributed by atoms with Gasteiger partial charge in [-0.05, 0) is 78.0 Å². The Hall–Kier alpha value is -3.73. The third-order valence-electron chi connectivity index (χ3n) is 5.82. The highest BCUT2D eigenvalue weighted by atomic mass is 32.2. The quantitative estimate of drug-likeness (QED) is 0.236. The zero-order valence-corrected chi connectivity index (χ0v) is 18.9. The van der Waals surface area contributed by atoms with Gasteiger partial charge in [-0.25, -0.2) is 18.3 Å². The molecule has 0 bridgehead atoms. The maximum Gasteiger partial charge on any atom is 0.269 e. The molecule has 0 aliphatic rings. The third-order valence-corrected chi connectivity index (χ3v) is 7.76. The van der Waals surface area contributed by atoms with Crippen LogP contribution in [0.3, 0.4) is 0 Å².